The van der Waals surface area contributed by atoms with E-state index in [1.165, 1.54) is 0 Å². The molecule has 3 atom stereocenters. The van der Waals surface area contributed by atoms with Crippen LogP contribution in [-0.4, -0.2) is 29.4 Å². The minimum absolute atomic E-state index is 0.231. The monoisotopic (exact) mass is 234 g/mol. The Morgan fingerprint density at radius 3 is 2.71 bits per heavy atom. The summed E-state index contributed by atoms with van der Waals surface area (Å²) in [5, 5.41) is 23.0. The maximum absolute atomic E-state index is 11.3. The molecule has 6 heteroatoms. The molecule has 1 fully saturated rings. The van der Waals surface area contributed by atoms with Gasteiger partial charge < -0.3 is 10.4 Å². The first-order valence-corrected chi connectivity index (χ1v) is 5.37. The fourth-order valence-electron chi connectivity index (χ4n) is 1.55. The van der Waals surface area contributed by atoms with E-state index in [0.717, 1.165) is 0 Å². The molecule has 1 aromatic rings. The van der Waals surface area contributed by atoms with E-state index in [2.05, 4.69) is 20.9 Å². The zero-order valence-electron chi connectivity index (χ0n) is 9.37. The van der Waals surface area contributed by atoms with E-state index in [1.54, 1.807) is 19.1 Å². The van der Waals surface area contributed by atoms with E-state index in [0.29, 0.717) is 5.69 Å². The molecule has 1 aliphatic rings. The normalized spacial score (nSPS) is 29.3. The lowest BCUT2D eigenvalue weighted by molar-refractivity contribution is -0.134. The summed E-state index contributed by atoms with van der Waals surface area (Å²) in [5.41, 5.74) is 0.681. The Balaban J connectivity index is 2.07. The van der Waals surface area contributed by atoms with Crippen LogP contribution in [0, 0.1) is 0 Å². The Bertz CT molecular complexity index is 421. The van der Waals surface area contributed by atoms with Crippen LogP contribution in [0.5, 0.6) is 0 Å². The highest BCUT2D eigenvalue weighted by Crippen LogP contribution is 2.12. The maximum atomic E-state index is 11.3. The van der Waals surface area contributed by atoms with Crippen LogP contribution in [0.3, 0.4) is 0 Å². The number of aliphatic hydroxyl groups is 1. The number of nitrogens with one attached hydrogen (secondary N) is 2. The molecule has 90 valence electrons. The molecular formula is C11H14N4O2. The molecule has 1 saturated heterocycles. The minimum Gasteiger partial charge on any atom is -0.380 e. The Kier molecular flexibility index (Phi) is 3.46. The number of carbonyl (C=O) groups excluding carboxylic acids is 1. The Labute approximate surface area is 98.8 Å². The predicted molar refractivity (Wildman–Crippen MR) is 61.5 cm³/mol. The molecule has 3 N–H and O–H groups in total. The molecule has 0 bridgehead atoms. The van der Waals surface area contributed by atoms with Gasteiger partial charge in [-0.2, -0.15) is 10.2 Å². The summed E-state index contributed by atoms with van der Waals surface area (Å²) < 4.78 is 0. The zero-order chi connectivity index (χ0) is 12.3. The maximum Gasteiger partial charge on any atom is 0.253 e. The predicted octanol–water partition coefficient (Wildman–Crippen LogP) is 0.523. The van der Waals surface area contributed by atoms with Gasteiger partial charge in [0.15, 0.2) is 12.3 Å². The molecule has 0 radical (unpaired) electrons. The molecule has 17 heavy (non-hydrogen) atoms. The number of benzene rings is 1. The zero-order valence-corrected chi connectivity index (χ0v) is 9.37. The third-order valence-corrected chi connectivity index (χ3v) is 2.40. The number of nitrogens with zero attached hydrogens (tertiary/aromatic N) is 2. The highest BCUT2D eigenvalue weighted by Gasteiger charge is 2.32. The lowest BCUT2D eigenvalue weighted by Gasteiger charge is -2.29. The van der Waals surface area contributed by atoms with Crippen LogP contribution < -0.4 is 10.6 Å². The van der Waals surface area contributed by atoms with Crippen molar-refractivity contribution in [1.29, 1.82) is 0 Å². The first-order valence-electron chi connectivity index (χ1n) is 5.37. The molecule has 0 spiro atoms. The van der Waals surface area contributed by atoms with Crippen molar-refractivity contribution in [3.63, 3.8) is 0 Å². The van der Waals surface area contributed by atoms with Crippen molar-refractivity contribution in [3.8, 4) is 0 Å². The average molecular weight is 234 g/mol. The standard InChI is InChI=1S/C11H14N4O2/c1-7-12-10(9(16)11(17)13-7)15-14-8-5-3-2-4-6-8/h2-7,9-10,12,16H,1H3,(H,13,17)/b15-14+. The summed E-state index contributed by atoms with van der Waals surface area (Å²) in [7, 11) is 0. The second kappa shape index (κ2) is 5.03. The van der Waals surface area contributed by atoms with Crippen LogP contribution in [0.2, 0.25) is 0 Å². The fourth-order valence-corrected chi connectivity index (χ4v) is 1.55. The highest BCUT2D eigenvalue weighted by atomic mass is 16.3. The first-order chi connectivity index (χ1) is 8.16. The van der Waals surface area contributed by atoms with Crippen molar-refractivity contribution >= 4 is 11.6 Å². The van der Waals surface area contributed by atoms with Crippen LogP contribution in [0.25, 0.3) is 0 Å². The van der Waals surface area contributed by atoms with Gasteiger partial charge in [0.2, 0.25) is 0 Å². The van der Waals surface area contributed by atoms with Crippen LogP contribution in [0.15, 0.2) is 40.6 Å². The van der Waals surface area contributed by atoms with E-state index >= 15 is 0 Å². The first kappa shape index (κ1) is 11.7. The van der Waals surface area contributed by atoms with Gasteiger partial charge in [-0.05, 0) is 19.1 Å². The molecule has 3 unspecified atom stereocenters. The van der Waals surface area contributed by atoms with Crippen molar-refractivity contribution in [3.05, 3.63) is 30.3 Å². The minimum atomic E-state index is -1.21. The van der Waals surface area contributed by atoms with Gasteiger partial charge in [0.25, 0.3) is 5.91 Å². The number of rotatable bonds is 2. The number of hydrogen-bond acceptors (Lipinski definition) is 5. The molecular weight excluding hydrogens is 220 g/mol. The van der Waals surface area contributed by atoms with Crippen LogP contribution >= 0.6 is 0 Å². The van der Waals surface area contributed by atoms with E-state index in [-0.39, 0.29) is 6.17 Å². The quantitative estimate of drug-likeness (QED) is 0.652. The SMILES string of the molecule is CC1NC(=O)C(O)C(/N=N/c2ccccc2)N1. The third-order valence-electron chi connectivity index (χ3n) is 2.40. The number of aliphatic hydroxyl groups excluding tert-OH is 1. The van der Waals surface area contributed by atoms with Crippen molar-refractivity contribution in [2.75, 3.05) is 0 Å². The van der Waals surface area contributed by atoms with Gasteiger partial charge >= 0.3 is 0 Å². The van der Waals surface area contributed by atoms with E-state index in [4.69, 9.17) is 0 Å². The molecule has 2 rings (SSSR count). The van der Waals surface area contributed by atoms with Gasteiger partial charge in [-0.15, -0.1) is 0 Å². The summed E-state index contributed by atoms with van der Waals surface area (Å²) in [6.45, 7) is 1.77. The third kappa shape index (κ3) is 2.86. The number of amides is 1. The van der Waals surface area contributed by atoms with Crippen LogP contribution in [0.4, 0.5) is 5.69 Å². The summed E-state index contributed by atoms with van der Waals surface area (Å²) in [6.07, 6.45) is -2.15. The van der Waals surface area contributed by atoms with E-state index in [9.17, 15) is 9.90 Å². The summed E-state index contributed by atoms with van der Waals surface area (Å²) in [6, 6.07) is 9.15. The van der Waals surface area contributed by atoms with Gasteiger partial charge in [0.1, 0.15) is 0 Å². The molecule has 1 aliphatic heterocycles. The second-order valence-corrected chi connectivity index (χ2v) is 3.84. The summed E-state index contributed by atoms with van der Waals surface area (Å²) >= 11 is 0. The second-order valence-electron chi connectivity index (χ2n) is 3.84. The Morgan fingerprint density at radius 1 is 1.29 bits per heavy atom. The smallest absolute Gasteiger partial charge is 0.253 e. The Hall–Kier alpha value is -1.79. The summed E-state index contributed by atoms with van der Waals surface area (Å²) in [4.78, 5) is 11.3. The lowest BCUT2D eigenvalue weighted by atomic mass is 10.2. The van der Waals surface area contributed by atoms with Crippen molar-refractivity contribution in [1.82, 2.24) is 10.6 Å². The summed E-state index contributed by atoms with van der Waals surface area (Å²) in [5.74, 6) is -0.437. The van der Waals surface area contributed by atoms with Gasteiger partial charge in [-0.3, -0.25) is 10.1 Å². The van der Waals surface area contributed by atoms with Gasteiger partial charge in [0, 0.05) is 0 Å². The molecule has 6 nitrogen and oxygen atoms in total. The fraction of sp³-hybridized carbons (Fsp3) is 0.364. The van der Waals surface area contributed by atoms with Crippen molar-refractivity contribution in [2.24, 2.45) is 10.2 Å². The topological polar surface area (TPSA) is 86.1 Å². The lowest BCUT2D eigenvalue weighted by Crippen LogP contribution is -2.62. The van der Waals surface area contributed by atoms with Crippen molar-refractivity contribution < 1.29 is 9.90 Å². The molecule has 0 saturated carbocycles. The van der Waals surface area contributed by atoms with Gasteiger partial charge in [0.05, 0.1) is 11.9 Å². The van der Waals surface area contributed by atoms with Gasteiger partial charge in [-0.25, -0.2) is 0 Å². The highest BCUT2D eigenvalue weighted by molar-refractivity contribution is 5.82. The molecule has 0 aliphatic carbocycles. The van der Waals surface area contributed by atoms with Crippen LogP contribution in [-0.2, 0) is 4.79 Å². The largest absolute Gasteiger partial charge is 0.380 e. The number of azo groups is 1. The number of hydrogen-bond donors (Lipinski definition) is 3. The average Bonchev–Trinajstić information content (AvgIpc) is 2.33. The van der Waals surface area contributed by atoms with Crippen molar-refractivity contribution in [2.45, 2.75) is 25.4 Å². The number of carbonyl (C=O) groups is 1. The molecule has 1 aromatic carbocycles. The van der Waals surface area contributed by atoms with E-state index < -0.39 is 18.2 Å². The van der Waals surface area contributed by atoms with E-state index in [1.807, 2.05) is 18.2 Å². The Morgan fingerprint density at radius 2 is 2.00 bits per heavy atom. The van der Waals surface area contributed by atoms with Gasteiger partial charge in [-0.1, -0.05) is 18.2 Å². The van der Waals surface area contributed by atoms with Crippen LogP contribution in [0.1, 0.15) is 6.92 Å². The molecule has 1 heterocycles. The molecule has 1 amide bonds. The molecule has 0 aromatic heterocycles.